The average molecular weight is 326 g/mol. The lowest BCUT2D eigenvalue weighted by atomic mass is 10.2. The Labute approximate surface area is 121 Å². The summed E-state index contributed by atoms with van der Waals surface area (Å²) in [6.45, 7) is 1.80. The lowest BCUT2D eigenvalue weighted by molar-refractivity contribution is 0.686. The first-order valence-corrected chi connectivity index (χ1v) is 6.96. The van der Waals surface area contributed by atoms with Crippen molar-refractivity contribution in [3.63, 3.8) is 0 Å². The summed E-state index contributed by atoms with van der Waals surface area (Å²) in [6.07, 6.45) is 4.66. The van der Waals surface area contributed by atoms with Crippen molar-refractivity contribution in [3.05, 3.63) is 63.3 Å². The van der Waals surface area contributed by atoms with Crippen LogP contribution in [-0.2, 0) is 13.0 Å². The molecule has 0 radical (unpaired) electrons. The molecule has 0 aliphatic carbocycles. The summed E-state index contributed by atoms with van der Waals surface area (Å²) >= 11 is 9.37. The molecular weight excluding hydrogens is 312 g/mol. The first kappa shape index (κ1) is 13.5. The molecule has 1 aromatic heterocycles. The molecule has 0 bridgehead atoms. The summed E-state index contributed by atoms with van der Waals surface area (Å²) in [5, 5.41) is 4.16. The van der Waals surface area contributed by atoms with Crippen molar-refractivity contribution >= 4 is 27.5 Å². The summed E-state index contributed by atoms with van der Waals surface area (Å²) in [5.41, 5.74) is 2.52. The predicted octanol–water partition coefficient (Wildman–Crippen LogP) is 3.83. The van der Waals surface area contributed by atoms with E-state index in [1.165, 1.54) is 11.1 Å². The maximum atomic E-state index is 5.95. The van der Waals surface area contributed by atoms with Gasteiger partial charge in [-0.05, 0) is 64.3 Å². The Morgan fingerprint density at radius 2 is 1.89 bits per heavy atom. The van der Waals surface area contributed by atoms with Crippen molar-refractivity contribution in [1.82, 2.24) is 10.3 Å². The van der Waals surface area contributed by atoms with Crippen LogP contribution in [0, 0.1) is 0 Å². The van der Waals surface area contributed by atoms with E-state index in [4.69, 9.17) is 11.6 Å². The van der Waals surface area contributed by atoms with Gasteiger partial charge in [-0.3, -0.25) is 4.98 Å². The number of nitrogens with zero attached hydrogens (tertiary/aromatic N) is 1. The number of hydrogen-bond acceptors (Lipinski definition) is 2. The van der Waals surface area contributed by atoms with Crippen molar-refractivity contribution in [2.45, 2.75) is 13.0 Å². The second-order valence-corrected chi connectivity index (χ2v) is 5.29. The fraction of sp³-hybridized carbons (Fsp3) is 0.214. The summed E-state index contributed by atoms with van der Waals surface area (Å²) < 4.78 is 0.942. The average Bonchev–Trinajstić information content (AvgIpc) is 2.40. The first-order valence-electron chi connectivity index (χ1n) is 5.79. The van der Waals surface area contributed by atoms with Gasteiger partial charge in [0, 0.05) is 23.4 Å². The standard InChI is InChI=1S/C14H14BrClN2/c15-13-9-12(1-2-14(13)16)10-18-8-5-11-3-6-17-7-4-11/h1-4,6-7,9,18H,5,8,10H2. The van der Waals surface area contributed by atoms with E-state index < -0.39 is 0 Å². The van der Waals surface area contributed by atoms with E-state index >= 15 is 0 Å². The van der Waals surface area contributed by atoms with Crippen LogP contribution in [0.1, 0.15) is 11.1 Å². The smallest absolute Gasteiger partial charge is 0.0548 e. The molecule has 1 N–H and O–H groups in total. The van der Waals surface area contributed by atoms with Crippen LogP contribution >= 0.6 is 27.5 Å². The normalized spacial score (nSPS) is 10.6. The second-order valence-electron chi connectivity index (χ2n) is 4.03. The quantitative estimate of drug-likeness (QED) is 0.845. The molecule has 0 unspecified atom stereocenters. The van der Waals surface area contributed by atoms with Crippen LogP contribution in [-0.4, -0.2) is 11.5 Å². The molecule has 1 aromatic carbocycles. The molecule has 0 amide bonds. The first-order chi connectivity index (χ1) is 8.75. The molecule has 2 nitrogen and oxygen atoms in total. The highest BCUT2D eigenvalue weighted by Gasteiger charge is 1.99. The summed E-state index contributed by atoms with van der Waals surface area (Å²) in [4.78, 5) is 4.00. The fourth-order valence-corrected chi connectivity index (χ4v) is 2.21. The molecule has 0 saturated carbocycles. The van der Waals surface area contributed by atoms with Gasteiger partial charge in [0.05, 0.1) is 5.02 Å². The van der Waals surface area contributed by atoms with Crippen molar-refractivity contribution in [2.75, 3.05) is 6.54 Å². The number of pyridine rings is 1. The molecule has 0 saturated heterocycles. The Hall–Kier alpha value is -0.900. The highest BCUT2D eigenvalue weighted by atomic mass is 79.9. The lowest BCUT2D eigenvalue weighted by Gasteiger charge is -2.06. The molecule has 0 spiro atoms. The zero-order chi connectivity index (χ0) is 12.8. The van der Waals surface area contributed by atoms with Crippen LogP contribution in [0.25, 0.3) is 0 Å². The number of nitrogens with one attached hydrogen (secondary N) is 1. The summed E-state index contributed by atoms with van der Waals surface area (Å²) in [7, 11) is 0. The van der Waals surface area contributed by atoms with E-state index in [0.29, 0.717) is 0 Å². The minimum atomic E-state index is 0.746. The van der Waals surface area contributed by atoms with Gasteiger partial charge >= 0.3 is 0 Å². The van der Waals surface area contributed by atoms with Crippen LogP contribution in [0.15, 0.2) is 47.2 Å². The van der Waals surface area contributed by atoms with Gasteiger partial charge in [0.25, 0.3) is 0 Å². The predicted molar refractivity (Wildman–Crippen MR) is 78.8 cm³/mol. The summed E-state index contributed by atoms with van der Waals surface area (Å²) in [5.74, 6) is 0. The molecular formula is C14H14BrClN2. The van der Waals surface area contributed by atoms with Gasteiger partial charge in [0.2, 0.25) is 0 Å². The van der Waals surface area contributed by atoms with Gasteiger partial charge in [-0.1, -0.05) is 17.7 Å². The van der Waals surface area contributed by atoms with E-state index in [1.807, 2.05) is 42.7 Å². The number of benzene rings is 1. The minimum absolute atomic E-state index is 0.746. The lowest BCUT2D eigenvalue weighted by Crippen LogP contribution is -2.16. The van der Waals surface area contributed by atoms with Crippen LogP contribution in [0.4, 0.5) is 0 Å². The Morgan fingerprint density at radius 3 is 2.61 bits per heavy atom. The minimum Gasteiger partial charge on any atom is -0.312 e. The maximum absolute atomic E-state index is 5.95. The molecule has 0 aliphatic rings. The molecule has 2 rings (SSSR count). The van der Waals surface area contributed by atoms with Crippen LogP contribution in [0.2, 0.25) is 5.02 Å². The Balaban J connectivity index is 1.77. The molecule has 0 atom stereocenters. The van der Waals surface area contributed by atoms with Crippen LogP contribution < -0.4 is 5.32 Å². The van der Waals surface area contributed by atoms with Crippen molar-refractivity contribution in [1.29, 1.82) is 0 Å². The van der Waals surface area contributed by atoms with Crippen molar-refractivity contribution < 1.29 is 0 Å². The van der Waals surface area contributed by atoms with E-state index in [9.17, 15) is 0 Å². The third kappa shape index (κ3) is 4.09. The summed E-state index contributed by atoms with van der Waals surface area (Å²) in [6, 6.07) is 10.1. The van der Waals surface area contributed by atoms with Crippen molar-refractivity contribution in [2.24, 2.45) is 0 Å². The number of halogens is 2. The molecule has 94 valence electrons. The highest BCUT2D eigenvalue weighted by molar-refractivity contribution is 9.10. The molecule has 2 aromatic rings. The Bertz CT molecular complexity index is 502. The van der Waals surface area contributed by atoms with E-state index in [1.54, 1.807) is 0 Å². The maximum Gasteiger partial charge on any atom is 0.0548 e. The van der Waals surface area contributed by atoms with Gasteiger partial charge in [-0.15, -0.1) is 0 Å². The zero-order valence-electron chi connectivity index (χ0n) is 9.87. The monoisotopic (exact) mass is 324 g/mol. The number of rotatable bonds is 5. The van der Waals surface area contributed by atoms with E-state index in [2.05, 4.69) is 26.2 Å². The SMILES string of the molecule is Clc1ccc(CNCCc2ccncc2)cc1Br. The van der Waals surface area contributed by atoms with E-state index in [-0.39, 0.29) is 0 Å². The largest absolute Gasteiger partial charge is 0.312 e. The molecule has 0 fully saturated rings. The van der Waals surface area contributed by atoms with Gasteiger partial charge in [0.1, 0.15) is 0 Å². The molecule has 1 heterocycles. The van der Waals surface area contributed by atoms with Gasteiger partial charge in [-0.2, -0.15) is 0 Å². The molecule has 0 aliphatic heterocycles. The Morgan fingerprint density at radius 1 is 1.11 bits per heavy atom. The molecule has 18 heavy (non-hydrogen) atoms. The third-order valence-electron chi connectivity index (χ3n) is 2.65. The zero-order valence-corrected chi connectivity index (χ0v) is 12.2. The number of hydrogen-bond donors (Lipinski definition) is 1. The second kappa shape index (κ2) is 6.88. The van der Waals surface area contributed by atoms with E-state index in [0.717, 1.165) is 29.0 Å². The van der Waals surface area contributed by atoms with Gasteiger partial charge < -0.3 is 5.32 Å². The van der Waals surface area contributed by atoms with Crippen LogP contribution in [0.5, 0.6) is 0 Å². The van der Waals surface area contributed by atoms with Gasteiger partial charge in [-0.25, -0.2) is 0 Å². The Kier molecular flexibility index (Phi) is 5.17. The highest BCUT2D eigenvalue weighted by Crippen LogP contribution is 2.23. The number of aromatic nitrogens is 1. The third-order valence-corrected chi connectivity index (χ3v) is 3.87. The fourth-order valence-electron chi connectivity index (χ4n) is 1.66. The van der Waals surface area contributed by atoms with Crippen LogP contribution in [0.3, 0.4) is 0 Å². The van der Waals surface area contributed by atoms with Gasteiger partial charge in [0.15, 0.2) is 0 Å². The van der Waals surface area contributed by atoms with Crippen molar-refractivity contribution in [3.8, 4) is 0 Å². The molecule has 4 heteroatoms. The topological polar surface area (TPSA) is 24.9 Å².